The molecule has 0 amide bonds. The van der Waals surface area contributed by atoms with E-state index in [4.69, 9.17) is 0 Å². The van der Waals surface area contributed by atoms with Crippen molar-refractivity contribution in [1.29, 1.82) is 0 Å². The zero-order valence-electron chi connectivity index (χ0n) is 11.3. The molecule has 19 heavy (non-hydrogen) atoms. The quantitative estimate of drug-likeness (QED) is 0.850. The third kappa shape index (κ3) is 3.04. The number of hydrogen-bond acceptors (Lipinski definition) is 2. The van der Waals surface area contributed by atoms with E-state index in [-0.39, 0.29) is 0 Å². The van der Waals surface area contributed by atoms with Crippen molar-refractivity contribution < 1.29 is 8.42 Å². The van der Waals surface area contributed by atoms with E-state index in [0.717, 1.165) is 18.4 Å². The van der Waals surface area contributed by atoms with Crippen LogP contribution in [0.15, 0.2) is 58.3 Å². The lowest BCUT2D eigenvalue weighted by atomic mass is 10.1. The molecule has 3 heteroatoms. The molecule has 0 saturated carbocycles. The molecule has 2 aromatic rings. The van der Waals surface area contributed by atoms with Crippen LogP contribution in [0.3, 0.4) is 0 Å². The van der Waals surface area contributed by atoms with Crippen LogP contribution in [-0.2, 0) is 16.3 Å². The molecule has 2 rings (SSSR count). The topological polar surface area (TPSA) is 34.1 Å². The Hall–Kier alpha value is -1.61. The van der Waals surface area contributed by atoms with E-state index < -0.39 is 9.84 Å². The lowest BCUT2D eigenvalue weighted by Gasteiger charge is -2.06. The molecule has 0 aliphatic rings. The van der Waals surface area contributed by atoms with E-state index in [2.05, 4.69) is 6.92 Å². The molecule has 0 bridgehead atoms. The lowest BCUT2D eigenvalue weighted by molar-refractivity contribution is 0.596. The fourth-order valence-electron chi connectivity index (χ4n) is 1.98. The van der Waals surface area contributed by atoms with Crippen molar-refractivity contribution in [2.75, 3.05) is 0 Å². The summed E-state index contributed by atoms with van der Waals surface area (Å²) in [6.07, 6.45) is 2.04. The molecule has 0 aliphatic carbocycles. The molecule has 100 valence electrons. The average Bonchev–Trinajstić information content (AvgIpc) is 2.40. The van der Waals surface area contributed by atoms with Gasteiger partial charge in [0.1, 0.15) is 0 Å². The van der Waals surface area contributed by atoms with Crippen LogP contribution >= 0.6 is 0 Å². The Bertz CT molecular complexity index is 638. The highest BCUT2D eigenvalue weighted by Gasteiger charge is 2.16. The van der Waals surface area contributed by atoms with Crippen molar-refractivity contribution in [2.45, 2.75) is 36.5 Å². The summed E-state index contributed by atoms with van der Waals surface area (Å²) in [5.41, 5.74) is 2.22. The van der Waals surface area contributed by atoms with Crippen LogP contribution in [0, 0.1) is 6.92 Å². The van der Waals surface area contributed by atoms with Crippen LogP contribution < -0.4 is 0 Å². The van der Waals surface area contributed by atoms with Gasteiger partial charge in [-0.25, -0.2) is 8.42 Å². The summed E-state index contributed by atoms with van der Waals surface area (Å²) < 4.78 is 24.8. The molecule has 0 unspecified atom stereocenters. The van der Waals surface area contributed by atoms with Crippen LogP contribution in [0.5, 0.6) is 0 Å². The Morgan fingerprint density at radius 1 is 0.842 bits per heavy atom. The summed E-state index contributed by atoms with van der Waals surface area (Å²) >= 11 is 0. The molecule has 0 radical (unpaired) electrons. The maximum atomic E-state index is 12.4. The minimum absolute atomic E-state index is 0.348. The highest BCUT2D eigenvalue weighted by Crippen LogP contribution is 2.21. The zero-order chi connectivity index (χ0) is 13.9. The Labute approximate surface area is 115 Å². The van der Waals surface area contributed by atoms with Gasteiger partial charge in [0.25, 0.3) is 0 Å². The minimum Gasteiger partial charge on any atom is -0.219 e. The van der Waals surface area contributed by atoms with Crippen molar-refractivity contribution >= 4 is 9.84 Å². The molecule has 0 heterocycles. The summed E-state index contributed by atoms with van der Waals surface area (Å²) in [5.74, 6) is 0. The molecule has 0 aromatic heterocycles. The van der Waals surface area contributed by atoms with Crippen molar-refractivity contribution in [3.8, 4) is 0 Å². The number of hydrogen-bond donors (Lipinski definition) is 0. The number of sulfone groups is 1. The summed E-state index contributed by atoms with van der Waals surface area (Å²) in [7, 11) is -3.39. The van der Waals surface area contributed by atoms with E-state index in [1.807, 2.05) is 31.2 Å². The number of benzene rings is 2. The first kappa shape index (κ1) is 13.8. The first-order valence-electron chi connectivity index (χ1n) is 6.44. The second-order valence-corrected chi connectivity index (χ2v) is 6.66. The van der Waals surface area contributed by atoms with Gasteiger partial charge in [-0.1, -0.05) is 43.2 Å². The third-order valence-corrected chi connectivity index (χ3v) is 4.89. The Balaban J connectivity index is 2.36. The van der Waals surface area contributed by atoms with Gasteiger partial charge in [0.05, 0.1) is 9.79 Å². The van der Waals surface area contributed by atoms with Crippen LogP contribution in [0.4, 0.5) is 0 Å². The monoisotopic (exact) mass is 274 g/mol. The summed E-state index contributed by atoms with van der Waals surface area (Å²) in [4.78, 5) is 0.706. The van der Waals surface area contributed by atoms with E-state index >= 15 is 0 Å². The van der Waals surface area contributed by atoms with E-state index in [0.29, 0.717) is 9.79 Å². The van der Waals surface area contributed by atoms with Crippen LogP contribution in [0.25, 0.3) is 0 Å². The molecule has 0 spiro atoms. The number of rotatable bonds is 4. The van der Waals surface area contributed by atoms with E-state index in [1.165, 1.54) is 5.56 Å². The van der Waals surface area contributed by atoms with E-state index in [1.54, 1.807) is 24.3 Å². The lowest BCUT2D eigenvalue weighted by Crippen LogP contribution is -2.02. The van der Waals surface area contributed by atoms with Gasteiger partial charge in [-0.05, 0) is 43.2 Å². The smallest absolute Gasteiger partial charge is 0.206 e. The highest BCUT2D eigenvalue weighted by molar-refractivity contribution is 7.91. The molecule has 0 N–H and O–H groups in total. The van der Waals surface area contributed by atoms with Crippen molar-refractivity contribution in [1.82, 2.24) is 0 Å². The Kier molecular flexibility index (Phi) is 4.05. The van der Waals surface area contributed by atoms with Crippen LogP contribution in [0.1, 0.15) is 24.5 Å². The fourth-order valence-corrected chi connectivity index (χ4v) is 3.24. The summed E-state index contributed by atoms with van der Waals surface area (Å²) in [6, 6.07) is 14.1. The van der Waals surface area contributed by atoms with Gasteiger partial charge in [0, 0.05) is 0 Å². The maximum Gasteiger partial charge on any atom is 0.206 e. The van der Waals surface area contributed by atoms with Crippen molar-refractivity contribution in [2.24, 2.45) is 0 Å². The highest BCUT2D eigenvalue weighted by atomic mass is 32.2. The predicted molar refractivity (Wildman–Crippen MR) is 77.1 cm³/mol. The third-order valence-electron chi connectivity index (χ3n) is 3.10. The van der Waals surface area contributed by atoms with Gasteiger partial charge < -0.3 is 0 Å². The van der Waals surface area contributed by atoms with Crippen LogP contribution in [-0.4, -0.2) is 8.42 Å². The second-order valence-electron chi connectivity index (χ2n) is 4.71. The largest absolute Gasteiger partial charge is 0.219 e. The SMILES string of the molecule is CCCc1ccc(S(=O)(=O)c2ccc(C)cc2)cc1. The zero-order valence-corrected chi connectivity index (χ0v) is 12.1. The maximum absolute atomic E-state index is 12.4. The molecule has 2 nitrogen and oxygen atoms in total. The van der Waals surface area contributed by atoms with Gasteiger partial charge in [-0.2, -0.15) is 0 Å². The molecule has 0 fully saturated rings. The molecule has 2 aromatic carbocycles. The van der Waals surface area contributed by atoms with Gasteiger partial charge in [0.15, 0.2) is 0 Å². The molecule has 0 atom stereocenters. The summed E-state index contributed by atoms with van der Waals surface area (Å²) in [5, 5.41) is 0. The molecular weight excluding hydrogens is 256 g/mol. The average molecular weight is 274 g/mol. The fraction of sp³-hybridized carbons (Fsp3) is 0.250. The van der Waals surface area contributed by atoms with Gasteiger partial charge in [0.2, 0.25) is 9.84 Å². The molecular formula is C16H18O2S. The number of aryl methyl sites for hydroxylation is 2. The first-order valence-corrected chi connectivity index (χ1v) is 7.93. The standard InChI is InChI=1S/C16H18O2S/c1-3-4-14-7-11-16(12-8-14)19(17,18)15-9-5-13(2)6-10-15/h5-12H,3-4H2,1-2H3. The van der Waals surface area contributed by atoms with Gasteiger partial charge in [-0.15, -0.1) is 0 Å². The molecule has 0 saturated heterocycles. The summed E-state index contributed by atoms with van der Waals surface area (Å²) in [6.45, 7) is 4.05. The Morgan fingerprint density at radius 3 is 1.79 bits per heavy atom. The van der Waals surface area contributed by atoms with E-state index in [9.17, 15) is 8.42 Å². The van der Waals surface area contributed by atoms with Crippen molar-refractivity contribution in [3.63, 3.8) is 0 Å². The minimum atomic E-state index is -3.39. The van der Waals surface area contributed by atoms with Gasteiger partial charge in [-0.3, -0.25) is 0 Å². The first-order chi connectivity index (χ1) is 9.04. The second kappa shape index (κ2) is 5.57. The van der Waals surface area contributed by atoms with Crippen LogP contribution in [0.2, 0.25) is 0 Å². The predicted octanol–water partition coefficient (Wildman–Crippen LogP) is 3.78. The normalized spacial score (nSPS) is 11.5. The Morgan fingerprint density at radius 2 is 1.32 bits per heavy atom. The molecule has 0 aliphatic heterocycles. The van der Waals surface area contributed by atoms with Gasteiger partial charge >= 0.3 is 0 Å². The van der Waals surface area contributed by atoms with Crippen molar-refractivity contribution in [3.05, 3.63) is 59.7 Å².